The van der Waals surface area contributed by atoms with Crippen LogP contribution in [-0.2, 0) is 13.0 Å². The zero-order chi connectivity index (χ0) is 12.8. The van der Waals surface area contributed by atoms with Gasteiger partial charge < -0.3 is 5.32 Å². The minimum absolute atomic E-state index is 0.0728. The van der Waals surface area contributed by atoms with Gasteiger partial charge in [0.15, 0.2) is 0 Å². The highest BCUT2D eigenvalue weighted by atomic mass is 35.5. The lowest BCUT2D eigenvalue weighted by molar-refractivity contribution is 0.0942. The van der Waals surface area contributed by atoms with Crippen LogP contribution in [0.2, 0.25) is 0 Å². The molecule has 1 atom stereocenters. The standard InChI is InChI=1S/C12H20ClN3O/c1-4-10-8-11(16(5-2)15-10)12(17)14-7-6-9(3)13/h8-9H,4-7H2,1-3H3,(H,14,17). The van der Waals surface area contributed by atoms with Crippen LogP contribution in [0.1, 0.15) is 43.4 Å². The van der Waals surface area contributed by atoms with Crippen LogP contribution in [0.3, 0.4) is 0 Å². The average molecular weight is 258 g/mol. The molecule has 1 heterocycles. The highest BCUT2D eigenvalue weighted by Crippen LogP contribution is 2.06. The summed E-state index contributed by atoms with van der Waals surface area (Å²) in [7, 11) is 0. The number of aryl methyl sites for hydroxylation is 2. The van der Waals surface area contributed by atoms with E-state index in [1.165, 1.54) is 0 Å². The Morgan fingerprint density at radius 2 is 2.29 bits per heavy atom. The normalized spacial score (nSPS) is 12.5. The molecular formula is C12H20ClN3O. The van der Waals surface area contributed by atoms with Crippen molar-refractivity contribution in [2.24, 2.45) is 0 Å². The summed E-state index contributed by atoms with van der Waals surface area (Å²) in [4.78, 5) is 11.9. The number of amides is 1. The van der Waals surface area contributed by atoms with Crippen LogP contribution in [-0.4, -0.2) is 27.6 Å². The van der Waals surface area contributed by atoms with E-state index in [1.54, 1.807) is 4.68 Å². The first-order valence-corrected chi connectivity index (χ1v) is 6.51. The molecule has 0 saturated heterocycles. The number of hydrogen-bond acceptors (Lipinski definition) is 2. The SMILES string of the molecule is CCc1cc(C(=O)NCCC(C)Cl)n(CC)n1. The van der Waals surface area contributed by atoms with Gasteiger partial charge in [0, 0.05) is 18.5 Å². The summed E-state index contributed by atoms with van der Waals surface area (Å²) in [5.41, 5.74) is 1.58. The molecule has 17 heavy (non-hydrogen) atoms. The molecule has 0 fully saturated rings. The Morgan fingerprint density at radius 3 is 2.82 bits per heavy atom. The summed E-state index contributed by atoms with van der Waals surface area (Å²) in [6.45, 7) is 7.22. The number of carbonyl (C=O) groups is 1. The number of hydrogen-bond donors (Lipinski definition) is 1. The van der Waals surface area contributed by atoms with Crippen molar-refractivity contribution in [3.05, 3.63) is 17.5 Å². The summed E-state index contributed by atoms with van der Waals surface area (Å²) >= 11 is 5.82. The third kappa shape index (κ3) is 4.04. The third-order valence-corrected chi connectivity index (χ3v) is 2.77. The lowest BCUT2D eigenvalue weighted by Gasteiger charge is -2.07. The van der Waals surface area contributed by atoms with Gasteiger partial charge in [-0.05, 0) is 32.8 Å². The minimum atomic E-state index is -0.0728. The second-order valence-electron chi connectivity index (χ2n) is 4.02. The Balaban J connectivity index is 2.64. The highest BCUT2D eigenvalue weighted by molar-refractivity contribution is 6.20. The van der Waals surface area contributed by atoms with Gasteiger partial charge in [-0.1, -0.05) is 6.92 Å². The zero-order valence-electron chi connectivity index (χ0n) is 10.7. The molecule has 0 radical (unpaired) electrons. The van der Waals surface area contributed by atoms with Gasteiger partial charge in [-0.2, -0.15) is 5.10 Å². The molecule has 0 spiro atoms. The van der Waals surface area contributed by atoms with E-state index in [0.29, 0.717) is 18.8 Å². The van der Waals surface area contributed by atoms with Crippen molar-refractivity contribution in [1.82, 2.24) is 15.1 Å². The second-order valence-corrected chi connectivity index (χ2v) is 4.76. The summed E-state index contributed by atoms with van der Waals surface area (Å²) in [5, 5.41) is 7.28. The van der Waals surface area contributed by atoms with E-state index in [1.807, 2.05) is 26.8 Å². The van der Waals surface area contributed by atoms with E-state index in [9.17, 15) is 4.79 Å². The van der Waals surface area contributed by atoms with Gasteiger partial charge >= 0.3 is 0 Å². The van der Waals surface area contributed by atoms with E-state index < -0.39 is 0 Å². The van der Waals surface area contributed by atoms with Gasteiger partial charge in [0.25, 0.3) is 5.91 Å². The minimum Gasteiger partial charge on any atom is -0.351 e. The van der Waals surface area contributed by atoms with Crippen LogP contribution in [0.4, 0.5) is 0 Å². The summed E-state index contributed by atoms with van der Waals surface area (Å²) in [6.07, 6.45) is 1.61. The van der Waals surface area contributed by atoms with Gasteiger partial charge in [-0.15, -0.1) is 11.6 Å². The van der Waals surface area contributed by atoms with Gasteiger partial charge in [-0.3, -0.25) is 9.48 Å². The topological polar surface area (TPSA) is 46.9 Å². The van der Waals surface area contributed by atoms with Crippen molar-refractivity contribution in [2.45, 2.75) is 45.5 Å². The maximum absolute atomic E-state index is 11.9. The monoisotopic (exact) mass is 257 g/mol. The third-order valence-electron chi connectivity index (χ3n) is 2.55. The number of nitrogens with one attached hydrogen (secondary N) is 1. The molecule has 1 N–H and O–H groups in total. The molecule has 0 saturated carbocycles. The fourth-order valence-electron chi connectivity index (χ4n) is 1.54. The zero-order valence-corrected chi connectivity index (χ0v) is 11.4. The molecule has 1 rings (SSSR count). The van der Waals surface area contributed by atoms with Crippen LogP contribution in [0.15, 0.2) is 6.07 Å². The molecule has 1 unspecified atom stereocenters. The maximum Gasteiger partial charge on any atom is 0.269 e. The molecule has 1 amide bonds. The Kier molecular flexibility index (Phi) is 5.48. The van der Waals surface area contributed by atoms with Crippen molar-refractivity contribution in [3.63, 3.8) is 0 Å². The Bertz CT molecular complexity index is 374. The van der Waals surface area contributed by atoms with Crippen molar-refractivity contribution in [1.29, 1.82) is 0 Å². The highest BCUT2D eigenvalue weighted by Gasteiger charge is 2.13. The summed E-state index contributed by atoms with van der Waals surface area (Å²) in [6, 6.07) is 1.85. The molecule has 1 aromatic rings. The predicted molar refractivity (Wildman–Crippen MR) is 69.5 cm³/mol. The fraction of sp³-hybridized carbons (Fsp3) is 0.667. The fourth-order valence-corrected chi connectivity index (χ4v) is 1.65. The van der Waals surface area contributed by atoms with Crippen molar-refractivity contribution < 1.29 is 4.79 Å². The van der Waals surface area contributed by atoms with E-state index >= 15 is 0 Å². The first-order valence-electron chi connectivity index (χ1n) is 6.07. The van der Waals surface area contributed by atoms with E-state index in [-0.39, 0.29) is 11.3 Å². The first-order chi connectivity index (χ1) is 8.08. The molecule has 0 aliphatic carbocycles. The first kappa shape index (κ1) is 14.0. The molecule has 4 nitrogen and oxygen atoms in total. The molecule has 0 aromatic carbocycles. The number of halogens is 1. The van der Waals surface area contributed by atoms with Crippen molar-refractivity contribution >= 4 is 17.5 Å². The number of alkyl halides is 1. The van der Waals surface area contributed by atoms with Gasteiger partial charge in [-0.25, -0.2) is 0 Å². The van der Waals surface area contributed by atoms with Crippen LogP contribution >= 0.6 is 11.6 Å². The molecule has 0 bridgehead atoms. The predicted octanol–water partition coefficient (Wildman–Crippen LogP) is 2.21. The number of carbonyl (C=O) groups excluding carboxylic acids is 1. The second kappa shape index (κ2) is 6.64. The maximum atomic E-state index is 11.9. The Morgan fingerprint density at radius 1 is 1.59 bits per heavy atom. The number of nitrogens with zero attached hydrogens (tertiary/aromatic N) is 2. The molecule has 0 aliphatic heterocycles. The van der Waals surface area contributed by atoms with Crippen molar-refractivity contribution in [2.75, 3.05) is 6.54 Å². The van der Waals surface area contributed by atoms with E-state index in [2.05, 4.69) is 10.4 Å². The average Bonchev–Trinajstić information content (AvgIpc) is 2.71. The van der Waals surface area contributed by atoms with E-state index in [4.69, 9.17) is 11.6 Å². The molecule has 96 valence electrons. The summed E-state index contributed by atoms with van der Waals surface area (Å²) < 4.78 is 1.73. The smallest absolute Gasteiger partial charge is 0.269 e. The lowest BCUT2D eigenvalue weighted by atomic mass is 10.3. The van der Waals surface area contributed by atoms with Gasteiger partial charge in [0.2, 0.25) is 0 Å². The van der Waals surface area contributed by atoms with Crippen LogP contribution in [0.25, 0.3) is 0 Å². The molecule has 1 aromatic heterocycles. The summed E-state index contributed by atoms with van der Waals surface area (Å²) in [5.74, 6) is -0.0728. The van der Waals surface area contributed by atoms with Gasteiger partial charge in [0.05, 0.1) is 5.69 Å². The number of aromatic nitrogens is 2. The van der Waals surface area contributed by atoms with Crippen LogP contribution in [0.5, 0.6) is 0 Å². The lowest BCUT2D eigenvalue weighted by Crippen LogP contribution is -2.28. The van der Waals surface area contributed by atoms with Crippen LogP contribution in [0, 0.1) is 0 Å². The van der Waals surface area contributed by atoms with Crippen molar-refractivity contribution in [3.8, 4) is 0 Å². The quantitative estimate of drug-likeness (QED) is 0.795. The Hall–Kier alpha value is -1.03. The van der Waals surface area contributed by atoms with E-state index in [0.717, 1.165) is 18.5 Å². The molecule has 5 heteroatoms. The molecular weight excluding hydrogens is 238 g/mol. The van der Waals surface area contributed by atoms with Crippen LogP contribution < -0.4 is 5.32 Å². The molecule has 0 aliphatic rings. The number of rotatable bonds is 6. The largest absolute Gasteiger partial charge is 0.351 e. The van der Waals surface area contributed by atoms with Gasteiger partial charge in [0.1, 0.15) is 5.69 Å². The Labute approximate surface area is 107 Å².